The van der Waals surface area contributed by atoms with E-state index in [1.165, 1.54) is 0 Å². The van der Waals surface area contributed by atoms with Crippen molar-refractivity contribution in [3.63, 3.8) is 0 Å². The van der Waals surface area contributed by atoms with E-state index in [1.807, 2.05) is 4.57 Å². The van der Waals surface area contributed by atoms with Crippen molar-refractivity contribution in [2.75, 3.05) is 0 Å². The largest absolute Gasteiger partial charge is 0.480 e. The molecule has 1 aromatic rings. The zero-order chi connectivity index (χ0) is 14.9. The molecule has 110 valence electrons. The number of hydrogen-bond donors (Lipinski definition) is 2. The molecule has 1 aliphatic heterocycles. The highest BCUT2D eigenvalue weighted by Gasteiger charge is 2.28. The molecule has 0 saturated carbocycles. The number of aliphatic carboxylic acids is 1. The Kier molecular flexibility index (Phi) is 4.47. The summed E-state index contributed by atoms with van der Waals surface area (Å²) >= 11 is 3.37. The maximum atomic E-state index is 12.3. The van der Waals surface area contributed by atoms with Crippen molar-refractivity contribution in [3.05, 3.63) is 16.1 Å². The van der Waals surface area contributed by atoms with Crippen LogP contribution in [0.5, 0.6) is 0 Å². The second-order valence-electron chi connectivity index (χ2n) is 5.32. The van der Waals surface area contributed by atoms with Gasteiger partial charge >= 0.3 is 5.97 Å². The van der Waals surface area contributed by atoms with Gasteiger partial charge in [0.25, 0.3) is 5.91 Å². The van der Waals surface area contributed by atoms with E-state index in [0.717, 1.165) is 31.5 Å². The van der Waals surface area contributed by atoms with Crippen molar-refractivity contribution in [3.8, 4) is 0 Å². The molecule has 0 fully saturated rings. The van der Waals surface area contributed by atoms with Crippen LogP contribution in [-0.4, -0.2) is 32.6 Å². The van der Waals surface area contributed by atoms with E-state index in [4.69, 9.17) is 5.11 Å². The predicted molar refractivity (Wildman–Crippen MR) is 76.6 cm³/mol. The van der Waals surface area contributed by atoms with Crippen LogP contribution >= 0.6 is 15.9 Å². The summed E-state index contributed by atoms with van der Waals surface area (Å²) in [5.41, 5.74) is 1.01. The summed E-state index contributed by atoms with van der Waals surface area (Å²) < 4.78 is 2.56. The van der Waals surface area contributed by atoms with Crippen molar-refractivity contribution < 1.29 is 14.7 Å². The highest BCUT2D eigenvalue weighted by molar-refractivity contribution is 9.10. The van der Waals surface area contributed by atoms with E-state index in [-0.39, 0.29) is 5.92 Å². The molecule has 2 N–H and O–H groups in total. The molecular formula is C13H18BrN3O3. The van der Waals surface area contributed by atoms with Crippen LogP contribution in [-0.2, 0) is 17.8 Å². The summed E-state index contributed by atoms with van der Waals surface area (Å²) in [6.07, 6.45) is 2.96. The van der Waals surface area contributed by atoms with Gasteiger partial charge in [0.1, 0.15) is 10.6 Å². The Hall–Kier alpha value is -1.37. The van der Waals surface area contributed by atoms with E-state index in [1.54, 1.807) is 13.8 Å². The molecule has 6 nitrogen and oxygen atoms in total. The number of nitrogens with one attached hydrogen (secondary N) is 1. The van der Waals surface area contributed by atoms with Crippen molar-refractivity contribution in [1.29, 1.82) is 0 Å². The van der Waals surface area contributed by atoms with Gasteiger partial charge in [-0.25, -0.2) is 9.78 Å². The second kappa shape index (κ2) is 5.95. The van der Waals surface area contributed by atoms with Gasteiger partial charge in [-0.15, -0.1) is 0 Å². The average Bonchev–Trinajstić information content (AvgIpc) is 2.73. The van der Waals surface area contributed by atoms with Crippen LogP contribution in [0.3, 0.4) is 0 Å². The van der Waals surface area contributed by atoms with E-state index >= 15 is 0 Å². The Morgan fingerprint density at radius 2 is 2.10 bits per heavy atom. The quantitative estimate of drug-likeness (QED) is 0.873. The van der Waals surface area contributed by atoms with Gasteiger partial charge in [0, 0.05) is 6.54 Å². The number of aromatic nitrogens is 2. The first-order chi connectivity index (χ1) is 9.41. The van der Waals surface area contributed by atoms with Gasteiger partial charge in [0.15, 0.2) is 5.82 Å². The maximum absolute atomic E-state index is 12.3. The molecule has 1 atom stereocenters. The van der Waals surface area contributed by atoms with Crippen molar-refractivity contribution in [2.24, 2.45) is 5.92 Å². The summed E-state index contributed by atoms with van der Waals surface area (Å²) in [5.74, 6) is -1.35. The molecule has 1 unspecified atom stereocenters. The van der Waals surface area contributed by atoms with Crippen LogP contribution in [0, 0.1) is 5.92 Å². The van der Waals surface area contributed by atoms with Gasteiger partial charge in [0.05, 0.1) is 5.69 Å². The van der Waals surface area contributed by atoms with Gasteiger partial charge < -0.3 is 15.0 Å². The summed E-state index contributed by atoms with van der Waals surface area (Å²) in [6.45, 7) is 4.27. The topological polar surface area (TPSA) is 84.2 Å². The molecule has 0 saturated heterocycles. The van der Waals surface area contributed by atoms with Crippen molar-refractivity contribution in [1.82, 2.24) is 14.9 Å². The van der Waals surface area contributed by atoms with Crippen LogP contribution in [0.4, 0.5) is 0 Å². The maximum Gasteiger partial charge on any atom is 0.326 e. The Balaban J connectivity index is 2.23. The minimum Gasteiger partial charge on any atom is -0.480 e. The molecule has 1 aromatic heterocycles. The molecule has 2 heterocycles. The Labute approximate surface area is 125 Å². The molecule has 0 aromatic carbocycles. The predicted octanol–water partition coefficient (Wildman–Crippen LogP) is 1.82. The van der Waals surface area contributed by atoms with E-state index in [9.17, 15) is 9.59 Å². The highest BCUT2D eigenvalue weighted by Crippen LogP contribution is 2.24. The van der Waals surface area contributed by atoms with E-state index in [2.05, 4.69) is 26.2 Å². The lowest BCUT2D eigenvalue weighted by atomic mass is 10.0. The third kappa shape index (κ3) is 2.87. The summed E-state index contributed by atoms with van der Waals surface area (Å²) in [6, 6.07) is -0.905. The highest BCUT2D eigenvalue weighted by atomic mass is 79.9. The van der Waals surface area contributed by atoms with E-state index < -0.39 is 17.9 Å². The monoisotopic (exact) mass is 343 g/mol. The lowest BCUT2D eigenvalue weighted by Gasteiger charge is -2.19. The number of amides is 1. The van der Waals surface area contributed by atoms with Crippen molar-refractivity contribution in [2.45, 2.75) is 45.7 Å². The number of carbonyl (C=O) groups excluding carboxylic acids is 1. The number of carboxylic acid groups (broad SMARTS) is 1. The first-order valence-electron chi connectivity index (χ1n) is 6.70. The van der Waals surface area contributed by atoms with Crippen LogP contribution in [0.15, 0.2) is 4.60 Å². The number of carbonyl (C=O) groups is 2. The molecule has 1 aliphatic rings. The number of rotatable bonds is 4. The van der Waals surface area contributed by atoms with E-state index in [0.29, 0.717) is 10.4 Å². The number of nitrogens with zero attached hydrogens (tertiary/aromatic N) is 2. The first-order valence-corrected chi connectivity index (χ1v) is 7.49. The number of carboxylic acids is 1. The van der Waals surface area contributed by atoms with Gasteiger partial charge in [-0.2, -0.15) is 0 Å². The molecule has 2 rings (SSSR count). The van der Waals surface area contributed by atoms with Gasteiger partial charge in [-0.3, -0.25) is 4.79 Å². The first kappa shape index (κ1) is 15.0. The Morgan fingerprint density at radius 3 is 2.70 bits per heavy atom. The molecule has 0 bridgehead atoms. The zero-order valence-corrected chi connectivity index (χ0v) is 13.1. The van der Waals surface area contributed by atoms with Crippen molar-refractivity contribution >= 4 is 27.8 Å². The molecular weight excluding hydrogens is 326 g/mol. The average molecular weight is 344 g/mol. The second-order valence-corrected chi connectivity index (χ2v) is 6.07. The Bertz CT molecular complexity index is 539. The lowest BCUT2D eigenvalue weighted by Crippen LogP contribution is -2.45. The molecule has 7 heteroatoms. The molecule has 1 amide bonds. The third-order valence-electron chi connectivity index (χ3n) is 3.49. The number of imidazole rings is 1. The standard InChI is InChI=1S/C13H18BrN3O3/c1-7(2)9(13(19)20)15-12(18)11-16-10(14)8-5-3-4-6-17(8)11/h7,9H,3-6H2,1-2H3,(H,15,18)(H,19,20). The smallest absolute Gasteiger partial charge is 0.326 e. The summed E-state index contributed by atoms with van der Waals surface area (Å²) in [7, 11) is 0. The van der Waals surface area contributed by atoms with Crippen LogP contribution in [0.2, 0.25) is 0 Å². The minimum atomic E-state index is -1.03. The summed E-state index contributed by atoms with van der Waals surface area (Å²) in [4.78, 5) is 27.7. The molecule has 0 aliphatic carbocycles. The SMILES string of the molecule is CC(C)C(NC(=O)c1nc(Br)c2n1CCCC2)C(=O)O. The normalized spacial score (nSPS) is 15.8. The van der Waals surface area contributed by atoms with Gasteiger partial charge in [0.2, 0.25) is 0 Å². The van der Waals surface area contributed by atoms with Gasteiger partial charge in [-0.1, -0.05) is 13.8 Å². The fourth-order valence-electron chi connectivity index (χ4n) is 2.39. The fraction of sp³-hybridized carbons (Fsp3) is 0.615. The van der Waals surface area contributed by atoms with Crippen LogP contribution < -0.4 is 5.32 Å². The minimum absolute atomic E-state index is 0.185. The number of hydrogen-bond acceptors (Lipinski definition) is 3. The molecule has 0 radical (unpaired) electrons. The number of fused-ring (bicyclic) bond motifs is 1. The Morgan fingerprint density at radius 1 is 1.40 bits per heavy atom. The van der Waals surface area contributed by atoms with Gasteiger partial charge in [-0.05, 0) is 41.1 Å². The fourth-order valence-corrected chi connectivity index (χ4v) is 2.97. The van der Waals surface area contributed by atoms with Crippen LogP contribution in [0.1, 0.15) is 43.0 Å². The summed E-state index contributed by atoms with van der Waals surface area (Å²) in [5, 5.41) is 11.7. The number of halogens is 1. The molecule has 0 spiro atoms. The molecule has 20 heavy (non-hydrogen) atoms. The zero-order valence-electron chi connectivity index (χ0n) is 11.5. The van der Waals surface area contributed by atoms with Crippen LogP contribution in [0.25, 0.3) is 0 Å². The lowest BCUT2D eigenvalue weighted by molar-refractivity contribution is -0.140. The third-order valence-corrected chi connectivity index (χ3v) is 4.13.